The van der Waals surface area contributed by atoms with Crippen molar-refractivity contribution in [2.24, 2.45) is 0 Å². The van der Waals surface area contributed by atoms with E-state index in [4.69, 9.17) is 9.47 Å². The van der Waals surface area contributed by atoms with E-state index in [9.17, 15) is 15.3 Å². The first-order valence-corrected chi connectivity index (χ1v) is 7.01. The van der Waals surface area contributed by atoms with Crippen molar-refractivity contribution in [2.75, 3.05) is 19.8 Å². The molecule has 0 bridgehead atoms. The predicted molar refractivity (Wildman–Crippen MR) is 71.9 cm³/mol. The Hall–Kier alpha value is -0.460. The van der Waals surface area contributed by atoms with E-state index in [1.165, 1.54) is 0 Å². The van der Waals surface area contributed by atoms with Gasteiger partial charge in [0.25, 0.3) is 0 Å². The number of unbranched alkanes of at least 4 members (excludes halogenated alkanes) is 4. The Bertz CT molecular complexity index is 246. The van der Waals surface area contributed by atoms with Gasteiger partial charge in [0.2, 0.25) is 0 Å². The summed E-state index contributed by atoms with van der Waals surface area (Å²) in [6.07, 6.45) is 4.15. The van der Waals surface area contributed by atoms with Crippen LogP contribution in [0.2, 0.25) is 0 Å². The van der Waals surface area contributed by atoms with E-state index in [-0.39, 0.29) is 13.2 Å². The molecule has 0 saturated carbocycles. The molecule has 0 aromatic carbocycles. The van der Waals surface area contributed by atoms with E-state index >= 15 is 0 Å². The molecule has 1 aliphatic rings. The topological polar surface area (TPSA) is 79.2 Å². The van der Waals surface area contributed by atoms with Gasteiger partial charge < -0.3 is 24.8 Å². The number of hydrogen-bond donors (Lipinski definition) is 3. The van der Waals surface area contributed by atoms with Gasteiger partial charge in [0.05, 0.1) is 13.2 Å². The lowest BCUT2D eigenvalue weighted by Gasteiger charge is -2.24. The van der Waals surface area contributed by atoms with Gasteiger partial charge in [-0.05, 0) is 19.3 Å². The molecule has 5 heteroatoms. The molecule has 0 aliphatic carbocycles. The maximum atomic E-state index is 9.68. The molecule has 4 atom stereocenters. The molecule has 1 heterocycles. The Morgan fingerprint density at radius 1 is 1.26 bits per heavy atom. The highest BCUT2D eigenvalue weighted by molar-refractivity contribution is 4.88. The minimum Gasteiger partial charge on any atom is -0.394 e. The highest BCUT2D eigenvalue weighted by Gasteiger charge is 2.40. The van der Waals surface area contributed by atoms with Crippen LogP contribution in [0.25, 0.3) is 0 Å². The fourth-order valence-electron chi connectivity index (χ4n) is 2.18. The number of hydrogen-bond acceptors (Lipinski definition) is 5. The molecule has 1 aliphatic heterocycles. The summed E-state index contributed by atoms with van der Waals surface area (Å²) in [6.45, 7) is 4.08. The standard InChI is InChI=1S/C14H26O5/c1-2-3-4-5-6-7-8-18-12(9-15)14-13(17)11(16)10-19-14/h2,11-17H,1,3-10H2/t11-,12+,13-,14-/m0/s1. The molecule has 0 amide bonds. The van der Waals surface area contributed by atoms with Crippen LogP contribution in [-0.2, 0) is 9.47 Å². The second-order valence-electron chi connectivity index (χ2n) is 4.94. The zero-order chi connectivity index (χ0) is 14.1. The summed E-state index contributed by atoms with van der Waals surface area (Å²) < 4.78 is 10.8. The molecule has 1 saturated heterocycles. The predicted octanol–water partition coefficient (Wildman–Crippen LogP) is 0.621. The molecule has 19 heavy (non-hydrogen) atoms. The molecular formula is C14H26O5. The monoisotopic (exact) mass is 274 g/mol. The van der Waals surface area contributed by atoms with E-state index in [1.54, 1.807) is 0 Å². The van der Waals surface area contributed by atoms with Crippen LogP contribution in [-0.4, -0.2) is 59.6 Å². The lowest BCUT2D eigenvalue weighted by molar-refractivity contribution is -0.101. The summed E-state index contributed by atoms with van der Waals surface area (Å²) >= 11 is 0. The van der Waals surface area contributed by atoms with Gasteiger partial charge in [-0.15, -0.1) is 6.58 Å². The van der Waals surface area contributed by atoms with Crippen LogP contribution in [0.15, 0.2) is 12.7 Å². The molecule has 0 aromatic heterocycles. The van der Waals surface area contributed by atoms with Crippen LogP contribution in [0.3, 0.4) is 0 Å². The first-order chi connectivity index (χ1) is 9.20. The molecule has 3 N–H and O–H groups in total. The van der Waals surface area contributed by atoms with E-state index in [0.717, 1.165) is 32.1 Å². The van der Waals surface area contributed by atoms with Crippen molar-refractivity contribution >= 4 is 0 Å². The second kappa shape index (κ2) is 9.44. The van der Waals surface area contributed by atoms with Gasteiger partial charge in [-0.25, -0.2) is 0 Å². The first kappa shape index (κ1) is 16.6. The van der Waals surface area contributed by atoms with E-state index in [2.05, 4.69) is 6.58 Å². The Morgan fingerprint density at radius 3 is 2.58 bits per heavy atom. The van der Waals surface area contributed by atoms with Crippen molar-refractivity contribution in [3.63, 3.8) is 0 Å². The van der Waals surface area contributed by atoms with Crippen molar-refractivity contribution < 1.29 is 24.8 Å². The van der Waals surface area contributed by atoms with Gasteiger partial charge >= 0.3 is 0 Å². The molecule has 5 nitrogen and oxygen atoms in total. The van der Waals surface area contributed by atoms with Gasteiger partial charge in [0.1, 0.15) is 24.4 Å². The number of aliphatic hydroxyl groups excluding tert-OH is 3. The quantitative estimate of drug-likeness (QED) is 0.402. The van der Waals surface area contributed by atoms with E-state index in [0.29, 0.717) is 6.61 Å². The van der Waals surface area contributed by atoms with Crippen LogP contribution in [0.4, 0.5) is 0 Å². The normalized spacial score (nSPS) is 28.5. The summed E-state index contributed by atoms with van der Waals surface area (Å²) in [7, 11) is 0. The summed E-state index contributed by atoms with van der Waals surface area (Å²) in [5.41, 5.74) is 0. The molecular weight excluding hydrogens is 248 g/mol. The summed E-state index contributed by atoms with van der Waals surface area (Å²) in [4.78, 5) is 0. The lowest BCUT2D eigenvalue weighted by Crippen LogP contribution is -2.42. The number of allylic oxidation sites excluding steroid dienone is 1. The highest BCUT2D eigenvalue weighted by atomic mass is 16.6. The molecule has 0 unspecified atom stereocenters. The average Bonchev–Trinajstić information content (AvgIpc) is 2.74. The average molecular weight is 274 g/mol. The third-order valence-corrected chi connectivity index (χ3v) is 3.37. The van der Waals surface area contributed by atoms with Crippen molar-refractivity contribution in [3.8, 4) is 0 Å². The molecule has 112 valence electrons. The maximum Gasteiger partial charge on any atom is 0.114 e. The van der Waals surface area contributed by atoms with E-state index < -0.39 is 24.4 Å². The summed E-state index contributed by atoms with van der Waals surface area (Å²) in [6, 6.07) is 0. The minimum atomic E-state index is -0.982. The minimum absolute atomic E-state index is 0.0905. The first-order valence-electron chi connectivity index (χ1n) is 7.01. The van der Waals surface area contributed by atoms with Crippen LogP contribution in [0, 0.1) is 0 Å². The molecule has 0 aromatic rings. The highest BCUT2D eigenvalue weighted by Crippen LogP contribution is 2.19. The fraction of sp³-hybridized carbons (Fsp3) is 0.857. The van der Waals surface area contributed by atoms with Gasteiger partial charge in [-0.2, -0.15) is 0 Å². The Kier molecular flexibility index (Phi) is 8.25. The zero-order valence-corrected chi connectivity index (χ0v) is 11.4. The molecule has 1 fully saturated rings. The fourth-order valence-corrected chi connectivity index (χ4v) is 2.18. The van der Waals surface area contributed by atoms with E-state index in [1.807, 2.05) is 6.08 Å². The van der Waals surface area contributed by atoms with Crippen molar-refractivity contribution in [1.82, 2.24) is 0 Å². The molecule has 0 spiro atoms. The maximum absolute atomic E-state index is 9.68. The molecule has 1 rings (SSSR count). The van der Waals surface area contributed by atoms with Crippen LogP contribution >= 0.6 is 0 Å². The van der Waals surface area contributed by atoms with Crippen molar-refractivity contribution in [3.05, 3.63) is 12.7 Å². The van der Waals surface area contributed by atoms with Crippen LogP contribution in [0.5, 0.6) is 0 Å². The third kappa shape index (κ3) is 5.58. The van der Waals surface area contributed by atoms with Gasteiger partial charge in [-0.1, -0.05) is 18.9 Å². The molecule has 0 radical (unpaired) electrons. The van der Waals surface area contributed by atoms with Gasteiger partial charge in [0, 0.05) is 6.61 Å². The SMILES string of the molecule is C=CCCCCCCO[C@H](CO)[C@@H]1OC[C@H](O)[C@@H]1O. The smallest absolute Gasteiger partial charge is 0.114 e. The third-order valence-electron chi connectivity index (χ3n) is 3.37. The van der Waals surface area contributed by atoms with Crippen molar-refractivity contribution in [1.29, 1.82) is 0 Å². The van der Waals surface area contributed by atoms with Gasteiger partial charge in [-0.3, -0.25) is 0 Å². The Morgan fingerprint density at radius 2 is 2.00 bits per heavy atom. The Labute approximate surface area is 114 Å². The van der Waals surface area contributed by atoms with Crippen LogP contribution in [0.1, 0.15) is 32.1 Å². The number of ether oxygens (including phenoxy) is 2. The Balaban J connectivity index is 2.13. The van der Waals surface area contributed by atoms with Crippen LogP contribution < -0.4 is 0 Å². The number of rotatable bonds is 10. The number of aliphatic hydroxyl groups is 3. The van der Waals surface area contributed by atoms with Gasteiger partial charge in [0.15, 0.2) is 0 Å². The summed E-state index contributed by atoms with van der Waals surface area (Å²) in [5.74, 6) is 0. The summed E-state index contributed by atoms with van der Waals surface area (Å²) in [5, 5.41) is 28.3. The largest absolute Gasteiger partial charge is 0.394 e. The van der Waals surface area contributed by atoms with Crippen molar-refractivity contribution in [2.45, 2.75) is 56.5 Å². The lowest BCUT2D eigenvalue weighted by atomic mass is 10.1. The zero-order valence-electron chi connectivity index (χ0n) is 11.4. The second-order valence-corrected chi connectivity index (χ2v) is 4.94.